The Morgan fingerprint density at radius 2 is 1.94 bits per heavy atom. The molecule has 0 fully saturated rings. The van der Waals surface area contributed by atoms with Crippen molar-refractivity contribution >= 4 is 0 Å². The molecule has 0 aliphatic rings. The zero-order valence-electron chi connectivity index (χ0n) is 10.4. The van der Waals surface area contributed by atoms with Crippen LogP contribution in [0.25, 0.3) is 0 Å². The molecule has 2 atom stereocenters. The van der Waals surface area contributed by atoms with Gasteiger partial charge >= 0.3 is 0 Å². The van der Waals surface area contributed by atoms with Crippen LogP contribution in [0.5, 0.6) is 0 Å². The molecule has 102 valence electrons. The highest BCUT2D eigenvalue weighted by Crippen LogP contribution is 2.17. The lowest BCUT2D eigenvalue weighted by molar-refractivity contribution is 0.138. The summed E-state index contributed by atoms with van der Waals surface area (Å²) in [7, 11) is 0. The van der Waals surface area contributed by atoms with Crippen LogP contribution in [0.15, 0.2) is 18.2 Å². The topological polar surface area (TPSA) is 52.5 Å². The Kier molecular flexibility index (Phi) is 6.18. The fraction of sp³-hybridized carbons (Fsp3) is 0.538. The van der Waals surface area contributed by atoms with Gasteiger partial charge in [0.1, 0.15) is 11.6 Å². The SMILES string of the molecule is CCCC(O)CNCC(O)c1ccc(F)cc1F. The molecule has 0 aromatic heterocycles. The minimum atomic E-state index is -1.06. The first-order chi connectivity index (χ1) is 8.54. The summed E-state index contributed by atoms with van der Waals surface area (Å²) in [5.74, 6) is -1.44. The van der Waals surface area contributed by atoms with Crippen LogP contribution in [0.3, 0.4) is 0 Å². The molecule has 0 aliphatic carbocycles. The summed E-state index contributed by atoms with van der Waals surface area (Å²) in [5.41, 5.74) is 0.0499. The van der Waals surface area contributed by atoms with Gasteiger partial charge in [-0.2, -0.15) is 0 Å². The summed E-state index contributed by atoms with van der Waals surface area (Å²) in [6.07, 6.45) is 0.0196. The van der Waals surface area contributed by atoms with Gasteiger partial charge in [0, 0.05) is 24.7 Å². The Morgan fingerprint density at radius 3 is 2.56 bits per heavy atom. The number of benzene rings is 1. The Labute approximate surface area is 105 Å². The minimum absolute atomic E-state index is 0.0499. The van der Waals surface area contributed by atoms with Crippen LogP contribution < -0.4 is 5.32 Å². The number of halogens is 2. The fourth-order valence-corrected chi connectivity index (χ4v) is 1.70. The van der Waals surface area contributed by atoms with Crippen LogP contribution in [0, 0.1) is 11.6 Å². The molecule has 0 radical (unpaired) electrons. The predicted molar refractivity (Wildman–Crippen MR) is 65.1 cm³/mol. The zero-order valence-corrected chi connectivity index (χ0v) is 10.4. The number of hydrogen-bond acceptors (Lipinski definition) is 3. The first-order valence-electron chi connectivity index (χ1n) is 6.06. The lowest BCUT2D eigenvalue weighted by atomic mass is 10.1. The van der Waals surface area contributed by atoms with Gasteiger partial charge in [-0.3, -0.25) is 0 Å². The average Bonchev–Trinajstić information content (AvgIpc) is 2.29. The largest absolute Gasteiger partial charge is 0.392 e. The van der Waals surface area contributed by atoms with Crippen molar-refractivity contribution in [3.05, 3.63) is 35.4 Å². The highest BCUT2D eigenvalue weighted by molar-refractivity contribution is 5.21. The zero-order chi connectivity index (χ0) is 13.5. The van der Waals surface area contributed by atoms with Gasteiger partial charge in [0.05, 0.1) is 12.2 Å². The number of aliphatic hydroxyl groups excluding tert-OH is 2. The molecule has 0 spiro atoms. The van der Waals surface area contributed by atoms with E-state index in [1.165, 1.54) is 6.07 Å². The third-order valence-electron chi connectivity index (χ3n) is 2.66. The van der Waals surface area contributed by atoms with Crippen molar-refractivity contribution in [1.82, 2.24) is 5.32 Å². The van der Waals surface area contributed by atoms with E-state index >= 15 is 0 Å². The van der Waals surface area contributed by atoms with E-state index in [-0.39, 0.29) is 12.1 Å². The third-order valence-corrected chi connectivity index (χ3v) is 2.66. The monoisotopic (exact) mass is 259 g/mol. The smallest absolute Gasteiger partial charge is 0.131 e. The molecule has 0 amide bonds. The molecule has 18 heavy (non-hydrogen) atoms. The average molecular weight is 259 g/mol. The van der Waals surface area contributed by atoms with Crippen LogP contribution in [-0.4, -0.2) is 29.4 Å². The maximum atomic E-state index is 13.3. The minimum Gasteiger partial charge on any atom is -0.392 e. The van der Waals surface area contributed by atoms with E-state index in [1.54, 1.807) is 0 Å². The highest BCUT2D eigenvalue weighted by atomic mass is 19.1. The molecule has 3 N–H and O–H groups in total. The predicted octanol–water partition coefficient (Wildman–Crippen LogP) is 1.75. The molecule has 0 bridgehead atoms. The van der Waals surface area contributed by atoms with E-state index in [4.69, 9.17) is 0 Å². The molecule has 1 rings (SSSR count). The van der Waals surface area contributed by atoms with Crippen molar-refractivity contribution in [2.24, 2.45) is 0 Å². The van der Waals surface area contributed by atoms with E-state index in [0.717, 1.165) is 18.6 Å². The van der Waals surface area contributed by atoms with Gasteiger partial charge in [-0.05, 0) is 12.5 Å². The Morgan fingerprint density at radius 1 is 1.22 bits per heavy atom. The van der Waals surface area contributed by atoms with Crippen LogP contribution in [-0.2, 0) is 0 Å². The van der Waals surface area contributed by atoms with E-state index < -0.39 is 23.8 Å². The molecule has 0 saturated carbocycles. The molecule has 0 heterocycles. The first kappa shape index (κ1) is 15.0. The maximum absolute atomic E-state index is 13.3. The summed E-state index contributed by atoms with van der Waals surface area (Å²) in [6, 6.07) is 3.07. The summed E-state index contributed by atoms with van der Waals surface area (Å²) < 4.78 is 26.0. The van der Waals surface area contributed by atoms with E-state index in [0.29, 0.717) is 13.0 Å². The van der Waals surface area contributed by atoms with Crippen LogP contribution >= 0.6 is 0 Å². The second-order valence-electron chi connectivity index (χ2n) is 4.28. The van der Waals surface area contributed by atoms with Crippen LogP contribution in [0.1, 0.15) is 31.4 Å². The summed E-state index contributed by atoms with van der Waals surface area (Å²) in [6.45, 7) is 2.42. The summed E-state index contributed by atoms with van der Waals surface area (Å²) >= 11 is 0. The molecular weight excluding hydrogens is 240 g/mol. The van der Waals surface area contributed by atoms with E-state index in [2.05, 4.69) is 5.32 Å². The van der Waals surface area contributed by atoms with Gasteiger partial charge in [0.15, 0.2) is 0 Å². The standard InChI is InChI=1S/C13H19F2NO2/c1-2-3-10(17)7-16-8-13(18)11-5-4-9(14)6-12(11)15/h4-6,10,13,16-18H,2-3,7-8H2,1H3. The molecule has 0 saturated heterocycles. The normalized spacial score (nSPS) is 14.5. The van der Waals surface area contributed by atoms with Crippen molar-refractivity contribution in [3.8, 4) is 0 Å². The van der Waals surface area contributed by atoms with Gasteiger partial charge in [-0.25, -0.2) is 8.78 Å². The third kappa shape index (κ3) is 4.68. The van der Waals surface area contributed by atoms with Gasteiger partial charge in [-0.1, -0.05) is 19.4 Å². The Balaban J connectivity index is 2.43. The molecular formula is C13H19F2NO2. The van der Waals surface area contributed by atoms with Crippen molar-refractivity contribution in [3.63, 3.8) is 0 Å². The second-order valence-corrected chi connectivity index (χ2v) is 4.28. The fourth-order valence-electron chi connectivity index (χ4n) is 1.70. The number of nitrogens with one attached hydrogen (secondary N) is 1. The number of hydrogen-bond donors (Lipinski definition) is 3. The van der Waals surface area contributed by atoms with Gasteiger partial charge in [0.2, 0.25) is 0 Å². The molecule has 2 unspecified atom stereocenters. The number of rotatable bonds is 7. The molecule has 3 nitrogen and oxygen atoms in total. The summed E-state index contributed by atoms with van der Waals surface area (Å²) in [4.78, 5) is 0. The lowest BCUT2D eigenvalue weighted by Gasteiger charge is -2.15. The number of aliphatic hydroxyl groups is 2. The highest BCUT2D eigenvalue weighted by Gasteiger charge is 2.13. The second kappa shape index (κ2) is 7.41. The summed E-state index contributed by atoms with van der Waals surface area (Å²) in [5, 5.41) is 22.0. The van der Waals surface area contributed by atoms with Gasteiger partial charge < -0.3 is 15.5 Å². The van der Waals surface area contributed by atoms with Gasteiger partial charge in [0.25, 0.3) is 0 Å². The first-order valence-corrected chi connectivity index (χ1v) is 6.06. The van der Waals surface area contributed by atoms with Crippen molar-refractivity contribution < 1.29 is 19.0 Å². The van der Waals surface area contributed by atoms with Gasteiger partial charge in [-0.15, -0.1) is 0 Å². The van der Waals surface area contributed by atoms with Crippen LogP contribution in [0.4, 0.5) is 8.78 Å². The van der Waals surface area contributed by atoms with Crippen molar-refractivity contribution in [2.45, 2.75) is 32.0 Å². The quantitative estimate of drug-likeness (QED) is 0.699. The van der Waals surface area contributed by atoms with Crippen molar-refractivity contribution in [2.75, 3.05) is 13.1 Å². The molecule has 5 heteroatoms. The molecule has 1 aromatic carbocycles. The molecule has 0 aliphatic heterocycles. The van der Waals surface area contributed by atoms with E-state index in [9.17, 15) is 19.0 Å². The lowest BCUT2D eigenvalue weighted by Crippen LogP contribution is -2.30. The van der Waals surface area contributed by atoms with E-state index in [1.807, 2.05) is 6.92 Å². The Bertz CT molecular complexity index is 374. The Hall–Kier alpha value is -1.04. The maximum Gasteiger partial charge on any atom is 0.131 e. The van der Waals surface area contributed by atoms with Crippen molar-refractivity contribution in [1.29, 1.82) is 0 Å². The van der Waals surface area contributed by atoms with Crippen LogP contribution in [0.2, 0.25) is 0 Å². The molecule has 1 aromatic rings.